The van der Waals surface area contributed by atoms with E-state index in [-0.39, 0.29) is 23.7 Å². The van der Waals surface area contributed by atoms with Crippen molar-refractivity contribution in [2.45, 2.75) is 11.8 Å². The fourth-order valence-corrected chi connectivity index (χ4v) is 2.91. The molecule has 0 fully saturated rings. The smallest absolute Gasteiger partial charge is 0.243 e. The lowest BCUT2D eigenvalue weighted by Crippen LogP contribution is -2.31. The Kier molecular flexibility index (Phi) is 4.25. The molecule has 0 atom stereocenters. The number of nitrogens with zero attached hydrogens (tertiary/aromatic N) is 1. The van der Waals surface area contributed by atoms with Gasteiger partial charge in [-0.2, -0.15) is 4.31 Å². The van der Waals surface area contributed by atoms with Gasteiger partial charge in [0.25, 0.3) is 0 Å². The first kappa shape index (κ1) is 13.7. The van der Waals surface area contributed by atoms with Crippen LogP contribution in [0.2, 0.25) is 0 Å². The second-order valence-electron chi connectivity index (χ2n) is 3.46. The summed E-state index contributed by atoms with van der Waals surface area (Å²) in [6.45, 7) is 5.64. The Morgan fingerprint density at radius 3 is 2.59 bits per heavy atom. The second kappa shape index (κ2) is 5.29. The molecule has 0 saturated heterocycles. The lowest BCUT2D eigenvalue weighted by atomic mass is 10.3. The van der Waals surface area contributed by atoms with Crippen LogP contribution in [0.1, 0.15) is 6.92 Å². The summed E-state index contributed by atoms with van der Waals surface area (Å²) in [6, 6.07) is 3.27. The quantitative estimate of drug-likeness (QED) is 0.644. The molecule has 0 aliphatic carbocycles. The predicted octanol–water partition coefficient (Wildman–Crippen LogP) is 1.60. The number of hydrogen-bond donors (Lipinski definition) is 1. The molecule has 0 radical (unpaired) electrons. The third-order valence-corrected chi connectivity index (χ3v) is 4.14. The highest BCUT2D eigenvalue weighted by atomic mass is 32.2. The molecule has 1 aromatic rings. The van der Waals surface area contributed by atoms with Gasteiger partial charge in [0.05, 0.1) is 4.90 Å². The molecule has 2 N–H and O–H groups in total. The molecule has 4 nitrogen and oxygen atoms in total. The van der Waals surface area contributed by atoms with E-state index in [4.69, 9.17) is 5.73 Å². The summed E-state index contributed by atoms with van der Waals surface area (Å²) in [5, 5.41) is 0. The number of benzene rings is 1. The monoisotopic (exact) mass is 258 g/mol. The van der Waals surface area contributed by atoms with Gasteiger partial charge in [-0.25, -0.2) is 12.8 Å². The lowest BCUT2D eigenvalue weighted by Gasteiger charge is -2.18. The normalized spacial score (nSPS) is 11.7. The maximum absolute atomic E-state index is 13.1. The molecule has 1 aromatic carbocycles. The lowest BCUT2D eigenvalue weighted by molar-refractivity contribution is 0.459. The van der Waals surface area contributed by atoms with Crippen LogP contribution in [0.15, 0.2) is 35.7 Å². The first-order valence-corrected chi connectivity index (χ1v) is 6.53. The number of hydrogen-bond acceptors (Lipinski definition) is 3. The number of nitrogens with two attached hydrogens (primary N) is 1. The van der Waals surface area contributed by atoms with E-state index in [0.29, 0.717) is 0 Å². The molecule has 0 unspecified atom stereocenters. The van der Waals surface area contributed by atoms with Crippen molar-refractivity contribution in [1.29, 1.82) is 0 Å². The highest BCUT2D eigenvalue weighted by Gasteiger charge is 2.22. The highest BCUT2D eigenvalue weighted by Crippen LogP contribution is 2.19. The summed E-state index contributed by atoms with van der Waals surface area (Å²) in [5.41, 5.74) is 5.51. The molecule has 17 heavy (non-hydrogen) atoms. The molecule has 0 saturated carbocycles. The number of halogens is 1. The van der Waals surface area contributed by atoms with E-state index in [9.17, 15) is 12.8 Å². The SMILES string of the molecule is C=CCN(CC)S(=O)(=O)c1cc(N)cc(F)c1. The van der Waals surface area contributed by atoms with Gasteiger partial charge in [-0.05, 0) is 18.2 Å². The fourth-order valence-electron chi connectivity index (χ4n) is 1.42. The van der Waals surface area contributed by atoms with Crippen LogP contribution in [0.25, 0.3) is 0 Å². The Hall–Kier alpha value is -1.40. The fraction of sp³-hybridized carbons (Fsp3) is 0.273. The molecule has 0 aromatic heterocycles. The summed E-state index contributed by atoms with van der Waals surface area (Å²) in [4.78, 5) is -0.140. The zero-order chi connectivity index (χ0) is 13.1. The van der Waals surface area contributed by atoms with Crippen LogP contribution in [0.5, 0.6) is 0 Å². The van der Waals surface area contributed by atoms with Crippen LogP contribution < -0.4 is 5.73 Å². The minimum Gasteiger partial charge on any atom is -0.399 e. The van der Waals surface area contributed by atoms with E-state index >= 15 is 0 Å². The number of likely N-dealkylation sites (N-methyl/N-ethyl adjacent to an activating group) is 1. The molecule has 6 heteroatoms. The van der Waals surface area contributed by atoms with E-state index in [2.05, 4.69) is 6.58 Å². The van der Waals surface area contributed by atoms with Gasteiger partial charge in [0.2, 0.25) is 10.0 Å². The molecule has 0 bridgehead atoms. The van der Waals surface area contributed by atoms with Crippen molar-refractivity contribution in [2.24, 2.45) is 0 Å². The number of nitrogen functional groups attached to an aromatic ring is 1. The predicted molar refractivity (Wildman–Crippen MR) is 65.4 cm³/mol. The second-order valence-corrected chi connectivity index (χ2v) is 5.40. The summed E-state index contributed by atoms with van der Waals surface area (Å²) in [7, 11) is -3.72. The molecular formula is C11H15FN2O2S. The largest absolute Gasteiger partial charge is 0.399 e. The average molecular weight is 258 g/mol. The van der Waals surface area contributed by atoms with E-state index < -0.39 is 15.8 Å². The Labute approximate surface area is 101 Å². The van der Waals surface area contributed by atoms with E-state index in [1.54, 1.807) is 6.92 Å². The van der Waals surface area contributed by atoms with Crippen molar-refractivity contribution in [1.82, 2.24) is 4.31 Å². The molecule has 0 aliphatic rings. The van der Waals surface area contributed by atoms with Gasteiger partial charge >= 0.3 is 0 Å². The summed E-state index contributed by atoms with van der Waals surface area (Å²) in [6.07, 6.45) is 1.48. The number of sulfonamides is 1. The zero-order valence-electron chi connectivity index (χ0n) is 9.56. The molecule has 0 amide bonds. The summed E-state index contributed by atoms with van der Waals surface area (Å²) >= 11 is 0. The summed E-state index contributed by atoms with van der Waals surface area (Å²) in [5.74, 6) is -0.668. The van der Waals surface area contributed by atoms with E-state index in [1.807, 2.05) is 0 Å². The van der Waals surface area contributed by atoms with Crippen LogP contribution in [-0.2, 0) is 10.0 Å². The van der Waals surface area contributed by atoms with Gasteiger partial charge in [0, 0.05) is 18.8 Å². The Morgan fingerprint density at radius 1 is 1.47 bits per heavy atom. The van der Waals surface area contributed by atoms with Crippen molar-refractivity contribution in [3.8, 4) is 0 Å². The van der Waals surface area contributed by atoms with E-state index in [1.165, 1.54) is 16.4 Å². The highest BCUT2D eigenvalue weighted by molar-refractivity contribution is 7.89. The first-order valence-electron chi connectivity index (χ1n) is 5.09. The van der Waals surface area contributed by atoms with Crippen LogP contribution in [0.4, 0.5) is 10.1 Å². The van der Waals surface area contributed by atoms with Crippen LogP contribution >= 0.6 is 0 Å². The maximum atomic E-state index is 13.1. The molecule has 0 heterocycles. The van der Waals surface area contributed by atoms with Crippen molar-refractivity contribution >= 4 is 15.7 Å². The molecule has 94 valence electrons. The van der Waals surface area contributed by atoms with Gasteiger partial charge in [-0.1, -0.05) is 13.0 Å². The third kappa shape index (κ3) is 3.04. The first-order chi connectivity index (χ1) is 7.91. The van der Waals surface area contributed by atoms with Crippen LogP contribution in [-0.4, -0.2) is 25.8 Å². The minimum absolute atomic E-state index is 0.0817. The number of anilines is 1. The van der Waals surface area contributed by atoms with Crippen molar-refractivity contribution in [2.75, 3.05) is 18.8 Å². The zero-order valence-corrected chi connectivity index (χ0v) is 10.4. The van der Waals surface area contributed by atoms with Gasteiger partial charge < -0.3 is 5.73 Å². The average Bonchev–Trinajstić information content (AvgIpc) is 2.24. The topological polar surface area (TPSA) is 63.4 Å². The third-order valence-electron chi connectivity index (χ3n) is 2.22. The van der Waals surface area contributed by atoms with Gasteiger partial charge in [-0.3, -0.25) is 0 Å². The van der Waals surface area contributed by atoms with Gasteiger partial charge in [0.1, 0.15) is 5.82 Å². The van der Waals surface area contributed by atoms with Gasteiger partial charge in [-0.15, -0.1) is 6.58 Å². The number of rotatable bonds is 5. The molecule has 0 aliphatic heterocycles. The Morgan fingerprint density at radius 2 is 2.12 bits per heavy atom. The van der Waals surface area contributed by atoms with Crippen LogP contribution in [0.3, 0.4) is 0 Å². The molecule has 0 spiro atoms. The van der Waals surface area contributed by atoms with E-state index in [0.717, 1.165) is 12.1 Å². The Bertz CT molecular complexity index is 494. The molecular weight excluding hydrogens is 243 g/mol. The minimum atomic E-state index is -3.72. The van der Waals surface area contributed by atoms with Crippen molar-refractivity contribution in [3.63, 3.8) is 0 Å². The van der Waals surface area contributed by atoms with Crippen molar-refractivity contribution < 1.29 is 12.8 Å². The summed E-state index contributed by atoms with van der Waals surface area (Å²) < 4.78 is 38.5. The standard InChI is InChI=1S/C11H15FN2O2S/c1-3-5-14(4-2)17(15,16)11-7-9(12)6-10(13)8-11/h3,6-8H,1,4-5,13H2,2H3. The maximum Gasteiger partial charge on any atom is 0.243 e. The van der Waals surface area contributed by atoms with Crippen molar-refractivity contribution in [3.05, 3.63) is 36.7 Å². The molecule has 1 rings (SSSR count). The Balaban J connectivity index is 3.24. The van der Waals surface area contributed by atoms with Gasteiger partial charge in [0.15, 0.2) is 0 Å². The van der Waals surface area contributed by atoms with Crippen LogP contribution in [0, 0.1) is 5.82 Å².